The number of fused-ring (bicyclic) bond motifs is 1. The molecular weight excluding hydrogens is 393 g/mol. The number of nitrogens with zero attached hydrogens (tertiary/aromatic N) is 6. The number of hydrogen-bond acceptors (Lipinski definition) is 10. The van der Waals surface area contributed by atoms with E-state index in [1.165, 1.54) is 29.6 Å². The Hall–Kier alpha value is -2.41. The van der Waals surface area contributed by atoms with Crippen molar-refractivity contribution >= 4 is 24.7 Å². The summed E-state index contributed by atoms with van der Waals surface area (Å²) in [7, 11) is -4.22. The molecule has 3 aromatic rings. The fourth-order valence-electron chi connectivity index (χ4n) is 3.50. The van der Waals surface area contributed by atoms with Gasteiger partial charge in [0.1, 0.15) is 42.1 Å². The van der Waals surface area contributed by atoms with Gasteiger partial charge in [-0.3, -0.25) is 9.09 Å². The van der Waals surface area contributed by atoms with Crippen LogP contribution >= 0.6 is 7.75 Å². The minimum absolute atomic E-state index is 0.130. The molecule has 1 saturated carbocycles. The summed E-state index contributed by atoms with van der Waals surface area (Å²) >= 11 is 0. The van der Waals surface area contributed by atoms with Crippen LogP contribution in [-0.2, 0) is 13.8 Å². The van der Waals surface area contributed by atoms with Crippen LogP contribution in [0.15, 0.2) is 31.4 Å². The average Bonchev–Trinajstić information content (AvgIpc) is 3.09. The van der Waals surface area contributed by atoms with Crippen molar-refractivity contribution in [2.45, 2.75) is 36.6 Å². The zero-order valence-corrected chi connectivity index (χ0v) is 15.1. The highest BCUT2D eigenvalue weighted by molar-refractivity contribution is 7.51. The number of hydrogen-bond donors (Lipinski definition) is 4. The molecule has 1 saturated heterocycles. The van der Waals surface area contributed by atoms with E-state index >= 15 is 0 Å². The number of aromatic nitrogens is 6. The second-order valence-corrected chi connectivity index (χ2v) is 8.37. The summed E-state index contributed by atoms with van der Waals surface area (Å²) in [6.45, 7) is 0. The van der Waals surface area contributed by atoms with Crippen LogP contribution in [0, 0.1) is 0 Å². The molecule has 4 heterocycles. The molecule has 0 amide bonds. The summed E-state index contributed by atoms with van der Waals surface area (Å²) in [4.78, 5) is 25.9. The second kappa shape index (κ2) is 5.80. The topological polar surface area (TPSA) is 184 Å². The SMILES string of the molecule is Nc1ncnc2c1ncn2C1OC2(C[C@H]2OP(=O)(O)n2ccnc2)[C@@H](O)[C@H]1O. The molecule has 28 heavy (non-hydrogen) atoms. The number of nitrogen functional groups attached to an aromatic ring is 1. The van der Waals surface area contributed by atoms with Crippen LogP contribution in [0.25, 0.3) is 11.2 Å². The summed E-state index contributed by atoms with van der Waals surface area (Å²) in [6.07, 6.45) is 1.93. The molecule has 5 N–H and O–H groups in total. The smallest absolute Gasteiger partial charge is 0.387 e. The van der Waals surface area contributed by atoms with E-state index in [1.54, 1.807) is 0 Å². The van der Waals surface area contributed by atoms with Gasteiger partial charge in [0, 0.05) is 18.8 Å². The molecule has 0 aromatic carbocycles. The molecule has 0 radical (unpaired) electrons. The van der Waals surface area contributed by atoms with Gasteiger partial charge >= 0.3 is 7.75 Å². The lowest BCUT2D eigenvalue weighted by Gasteiger charge is -2.17. The van der Waals surface area contributed by atoms with Crippen molar-refractivity contribution in [3.8, 4) is 0 Å². The largest absolute Gasteiger partial charge is 0.437 e. The molecule has 14 heteroatoms. The van der Waals surface area contributed by atoms with Gasteiger partial charge in [-0.15, -0.1) is 0 Å². The molecule has 1 aliphatic carbocycles. The molecule has 5 rings (SSSR count). The highest BCUT2D eigenvalue weighted by Crippen LogP contribution is 2.60. The van der Waals surface area contributed by atoms with Crippen LogP contribution in [0.1, 0.15) is 12.6 Å². The first-order valence-corrected chi connectivity index (χ1v) is 9.83. The van der Waals surface area contributed by atoms with Crippen molar-refractivity contribution in [3.63, 3.8) is 0 Å². The Balaban J connectivity index is 1.42. The summed E-state index contributed by atoms with van der Waals surface area (Å²) in [5.74, 6) is 0.167. The van der Waals surface area contributed by atoms with Crippen LogP contribution in [-0.4, -0.2) is 67.9 Å². The third-order valence-corrected chi connectivity index (χ3v) is 6.40. The maximum atomic E-state index is 12.4. The average molecular weight is 409 g/mol. The van der Waals surface area contributed by atoms with Gasteiger partial charge in [-0.05, 0) is 0 Å². The lowest BCUT2D eigenvalue weighted by Crippen LogP contribution is -2.35. The van der Waals surface area contributed by atoms with Crippen LogP contribution in [0.5, 0.6) is 0 Å². The maximum Gasteiger partial charge on any atom is 0.437 e. The quantitative estimate of drug-likeness (QED) is 0.389. The monoisotopic (exact) mass is 409 g/mol. The summed E-state index contributed by atoms with van der Waals surface area (Å²) in [5.41, 5.74) is 5.10. The lowest BCUT2D eigenvalue weighted by molar-refractivity contribution is -0.0614. The molecule has 0 bridgehead atoms. The lowest BCUT2D eigenvalue weighted by atomic mass is 10.1. The molecule has 1 spiro atoms. The van der Waals surface area contributed by atoms with Crippen molar-refractivity contribution in [3.05, 3.63) is 31.4 Å². The summed E-state index contributed by atoms with van der Waals surface area (Å²) < 4.78 is 25.9. The van der Waals surface area contributed by atoms with Crippen molar-refractivity contribution in [1.29, 1.82) is 0 Å². The number of anilines is 1. The van der Waals surface area contributed by atoms with Crippen LogP contribution < -0.4 is 5.73 Å². The van der Waals surface area contributed by atoms with E-state index in [9.17, 15) is 19.7 Å². The molecule has 13 nitrogen and oxygen atoms in total. The third-order valence-electron chi connectivity index (χ3n) is 5.05. The van der Waals surface area contributed by atoms with Gasteiger partial charge < -0.3 is 25.6 Å². The Labute approximate surface area is 157 Å². The van der Waals surface area contributed by atoms with E-state index in [-0.39, 0.29) is 12.2 Å². The minimum atomic E-state index is -4.22. The van der Waals surface area contributed by atoms with E-state index in [1.807, 2.05) is 0 Å². The number of ether oxygens (including phenoxy) is 1. The van der Waals surface area contributed by atoms with E-state index in [0.717, 1.165) is 10.7 Å². The highest BCUT2D eigenvalue weighted by atomic mass is 31.2. The molecule has 148 valence electrons. The molecule has 2 fully saturated rings. The van der Waals surface area contributed by atoms with E-state index in [0.29, 0.717) is 11.2 Å². The van der Waals surface area contributed by atoms with Gasteiger partial charge in [-0.25, -0.2) is 28.8 Å². The number of rotatable bonds is 4. The van der Waals surface area contributed by atoms with Crippen molar-refractivity contribution in [1.82, 2.24) is 28.8 Å². The normalized spacial score (nSPS) is 34.1. The zero-order valence-electron chi connectivity index (χ0n) is 14.2. The molecule has 6 atom stereocenters. The van der Waals surface area contributed by atoms with Crippen LogP contribution in [0.4, 0.5) is 5.82 Å². The Morgan fingerprint density at radius 1 is 1.32 bits per heavy atom. The first kappa shape index (κ1) is 17.7. The molecule has 3 unspecified atom stereocenters. The predicted octanol–water partition coefficient (Wildman–Crippen LogP) is -0.968. The fraction of sp³-hybridized carbons (Fsp3) is 0.429. The van der Waals surface area contributed by atoms with Crippen molar-refractivity contribution < 1.29 is 28.9 Å². The summed E-state index contributed by atoms with van der Waals surface area (Å²) in [6, 6.07) is 0. The van der Waals surface area contributed by atoms with Gasteiger partial charge in [0.25, 0.3) is 0 Å². The van der Waals surface area contributed by atoms with Gasteiger partial charge in [-0.2, -0.15) is 0 Å². The zero-order chi connectivity index (χ0) is 19.7. The molecular formula is C14H16N7O6P. The standard InChI is InChI=1S/C14H16N7O6P/c15-11-8-12(18-4-17-11)21(6-19-8)13-9(22)10(23)14(26-13)3-7(14)27-28(24,25)20-2-1-16-5-20/h1-2,4-7,9-10,13,22-23H,3H2,(H,24,25)(H2,15,17,18)/t7-,9-,10+,13?,14?/m1/s1. The van der Waals surface area contributed by atoms with E-state index in [2.05, 4.69) is 19.9 Å². The molecule has 3 aromatic heterocycles. The molecule has 2 aliphatic rings. The molecule has 1 aliphatic heterocycles. The van der Waals surface area contributed by atoms with E-state index in [4.69, 9.17) is 15.0 Å². The Bertz CT molecular complexity index is 1090. The van der Waals surface area contributed by atoms with E-state index < -0.39 is 37.9 Å². The van der Waals surface area contributed by atoms with Crippen molar-refractivity contribution in [2.75, 3.05) is 5.73 Å². The highest BCUT2D eigenvalue weighted by Gasteiger charge is 2.71. The Morgan fingerprint density at radius 2 is 2.14 bits per heavy atom. The first-order chi connectivity index (χ1) is 13.3. The van der Waals surface area contributed by atoms with Crippen LogP contribution in [0.2, 0.25) is 0 Å². The van der Waals surface area contributed by atoms with Gasteiger partial charge in [0.05, 0.1) is 6.33 Å². The number of aliphatic hydroxyl groups is 2. The number of imidazole rings is 2. The number of aliphatic hydroxyl groups excluding tert-OH is 2. The van der Waals surface area contributed by atoms with Crippen LogP contribution in [0.3, 0.4) is 0 Å². The van der Waals surface area contributed by atoms with Crippen molar-refractivity contribution in [2.24, 2.45) is 0 Å². The van der Waals surface area contributed by atoms with Gasteiger partial charge in [0.15, 0.2) is 17.7 Å². The maximum absolute atomic E-state index is 12.4. The third kappa shape index (κ3) is 2.42. The predicted molar refractivity (Wildman–Crippen MR) is 91.5 cm³/mol. The van der Waals surface area contributed by atoms with Gasteiger partial charge in [-0.1, -0.05) is 0 Å². The number of nitrogens with two attached hydrogens (primary N) is 1. The minimum Gasteiger partial charge on any atom is -0.387 e. The Kier molecular flexibility index (Phi) is 3.66. The Morgan fingerprint density at radius 3 is 2.89 bits per heavy atom. The first-order valence-electron chi connectivity index (χ1n) is 8.30. The van der Waals surface area contributed by atoms with Gasteiger partial charge in [0.2, 0.25) is 0 Å². The second-order valence-electron chi connectivity index (χ2n) is 6.71. The fourth-order valence-corrected chi connectivity index (χ4v) is 4.61. The summed E-state index contributed by atoms with van der Waals surface area (Å²) in [5, 5.41) is 21.1.